The van der Waals surface area contributed by atoms with Gasteiger partial charge in [0.1, 0.15) is 5.75 Å². The van der Waals surface area contributed by atoms with Crippen molar-refractivity contribution in [2.24, 2.45) is 0 Å². The number of anilines is 2. The van der Waals surface area contributed by atoms with Crippen LogP contribution in [0.4, 0.5) is 11.4 Å². The van der Waals surface area contributed by atoms with Gasteiger partial charge in [-0.25, -0.2) is 0 Å². The molecule has 0 heterocycles. The Bertz CT molecular complexity index is 1340. The zero-order valence-corrected chi connectivity index (χ0v) is 21.6. The van der Waals surface area contributed by atoms with E-state index >= 15 is 0 Å². The number of fused-ring (bicyclic) bond motifs is 1. The highest BCUT2D eigenvalue weighted by atomic mass is 16.5. The molecule has 4 aromatic rings. The van der Waals surface area contributed by atoms with Crippen LogP contribution in [0.15, 0.2) is 91.0 Å². The lowest BCUT2D eigenvalue weighted by Crippen LogP contribution is -2.30. The SMILES string of the molecule is CCCCCCOc1ccccc1C(=O)Nc1ccc(C(=O)N(CC)c2cccc3ccccc23)cc1. The zero-order chi connectivity index (χ0) is 26.0. The third-order valence-electron chi connectivity index (χ3n) is 6.40. The summed E-state index contributed by atoms with van der Waals surface area (Å²) in [5.74, 6) is 0.254. The largest absolute Gasteiger partial charge is 0.493 e. The lowest BCUT2D eigenvalue weighted by molar-refractivity contribution is 0.0987. The first-order chi connectivity index (χ1) is 18.1. The van der Waals surface area contributed by atoms with Gasteiger partial charge in [-0.15, -0.1) is 0 Å². The number of unbranched alkanes of at least 4 members (excludes halogenated alkanes) is 3. The first-order valence-electron chi connectivity index (χ1n) is 13.0. The molecule has 4 rings (SSSR count). The fraction of sp³-hybridized carbons (Fsp3) is 0.250. The molecule has 0 unspecified atom stereocenters. The van der Waals surface area contributed by atoms with Crippen LogP contribution in [0.3, 0.4) is 0 Å². The summed E-state index contributed by atoms with van der Waals surface area (Å²) in [4.78, 5) is 28.2. The Hall–Kier alpha value is -4.12. The molecule has 0 aliphatic heterocycles. The van der Waals surface area contributed by atoms with E-state index in [9.17, 15) is 9.59 Å². The molecule has 0 atom stereocenters. The minimum Gasteiger partial charge on any atom is -0.493 e. The quantitative estimate of drug-likeness (QED) is 0.217. The van der Waals surface area contributed by atoms with Gasteiger partial charge in [0.15, 0.2) is 0 Å². The van der Waals surface area contributed by atoms with Crippen molar-refractivity contribution in [3.63, 3.8) is 0 Å². The predicted molar refractivity (Wildman–Crippen MR) is 152 cm³/mol. The maximum atomic E-state index is 13.4. The van der Waals surface area contributed by atoms with Crippen LogP contribution in [0.5, 0.6) is 5.75 Å². The van der Waals surface area contributed by atoms with Crippen molar-refractivity contribution >= 4 is 34.0 Å². The molecular formula is C32H34N2O3. The second kappa shape index (κ2) is 12.7. The van der Waals surface area contributed by atoms with Crippen molar-refractivity contribution in [3.05, 3.63) is 102 Å². The number of benzene rings is 4. The summed E-state index contributed by atoms with van der Waals surface area (Å²) in [5.41, 5.74) is 2.55. The predicted octanol–water partition coefficient (Wildman–Crippen LogP) is 7.72. The van der Waals surface area contributed by atoms with Crippen molar-refractivity contribution in [2.45, 2.75) is 39.5 Å². The van der Waals surface area contributed by atoms with Crippen molar-refractivity contribution in [1.82, 2.24) is 0 Å². The number of rotatable bonds is 11. The summed E-state index contributed by atoms with van der Waals surface area (Å²) in [6.45, 7) is 5.28. The molecule has 0 saturated heterocycles. The Labute approximate surface area is 219 Å². The summed E-state index contributed by atoms with van der Waals surface area (Å²) >= 11 is 0. The summed E-state index contributed by atoms with van der Waals surface area (Å²) in [7, 11) is 0. The number of carbonyl (C=O) groups is 2. The maximum Gasteiger partial charge on any atom is 0.259 e. The lowest BCUT2D eigenvalue weighted by Gasteiger charge is -2.23. The third-order valence-corrected chi connectivity index (χ3v) is 6.40. The molecule has 0 aliphatic carbocycles. The van der Waals surface area contributed by atoms with Gasteiger partial charge in [-0.05, 0) is 61.2 Å². The van der Waals surface area contributed by atoms with E-state index in [4.69, 9.17) is 4.74 Å². The van der Waals surface area contributed by atoms with Crippen molar-refractivity contribution in [3.8, 4) is 5.75 Å². The van der Waals surface area contributed by atoms with Crippen LogP contribution in [0, 0.1) is 0 Å². The Morgan fingerprint density at radius 2 is 1.51 bits per heavy atom. The number of carbonyl (C=O) groups excluding carboxylic acids is 2. The first kappa shape index (κ1) is 26.0. The molecule has 0 saturated carbocycles. The molecule has 0 bridgehead atoms. The standard InChI is InChI=1S/C32H34N2O3/c1-3-5-6-11-23-37-30-18-10-9-16-28(30)31(35)33-26-21-19-25(20-22-26)32(36)34(4-2)29-17-12-14-24-13-7-8-15-27(24)29/h7-10,12-22H,3-6,11,23H2,1-2H3,(H,33,35). The summed E-state index contributed by atoms with van der Waals surface area (Å²) in [6.07, 6.45) is 4.43. The van der Waals surface area contributed by atoms with E-state index in [0.717, 1.165) is 29.3 Å². The number of ether oxygens (including phenoxy) is 1. The highest BCUT2D eigenvalue weighted by Crippen LogP contribution is 2.28. The molecule has 1 N–H and O–H groups in total. The van der Waals surface area contributed by atoms with E-state index in [2.05, 4.69) is 12.2 Å². The van der Waals surface area contributed by atoms with Gasteiger partial charge in [0.05, 0.1) is 17.9 Å². The number of hydrogen-bond acceptors (Lipinski definition) is 3. The lowest BCUT2D eigenvalue weighted by atomic mass is 10.1. The maximum absolute atomic E-state index is 13.4. The zero-order valence-electron chi connectivity index (χ0n) is 21.6. The number of amides is 2. The molecule has 0 spiro atoms. The molecule has 4 aromatic carbocycles. The number of hydrogen-bond donors (Lipinski definition) is 1. The number of para-hydroxylation sites is 1. The Morgan fingerprint density at radius 1 is 0.784 bits per heavy atom. The average molecular weight is 495 g/mol. The molecule has 0 radical (unpaired) electrons. The van der Waals surface area contributed by atoms with Gasteiger partial charge in [-0.2, -0.15) is 0 Å². The van der Waals surface area contributed by atoms with Gasteiger partial charge >= 0.3 is 0 Å². The van der Waals surface area contributed by atoms with Crippen LogP contribution >= 0.6 is 0 Å². The monoisotopic (exact) mass is 494 g/mol. The first-order valence-corrected chi connectivity index (χ1v) is 13.0. The summed E-state index contributed by atoms with van der Waals surface area (Å²) < 4.78 is 5.89. The van der Waals surface area contributed by atoms with Crippen LogP contribution < -0.4 is 15.0 Å². The van der Waals surface area contributed by atoms with Crippen molar-refractivity contribution in [2.75, 3.05) is 23.4 Å². The second-order valence-corrected chi connectivity index (χ2v) is 8.98. The van der Waals surface area contributed by atoms with E-state index in [-0.39, 0.29) is 11.8 Å². The van der Waals surface area contributed by atoms with E-state index in [1.807, 2.05) is 67.6 Å². The average Bonchev–Trinajstić information content (AvgIpc) is 2.94. The molecule has 5 nitrogen and oxygen atoms in total. The van der Waals surface area contributed by atoms with Crippen LogP contribution in [0.25, 0.3) is 10.8 Å². The fourth-order valence-electron chi connectivity index (χ4n) is 4.41. The number of nitrogens with one attached hydrogen (secondary N) is 1. The smallest absolute Gasteiger partial charge is 0.259 e. The molecule has 190 valence electrons. The Kier molecular flexibility index (Phi) is 8.93. The second-order valence-electron chi connectivity index (χ2n) is 8.98. The van der Waals surface area contributed by atoms with E-state index < -0.39 is 0 Å². The molecule has 5 heteroatoms. The number of nitrogens with zero attached hydrogens (tertiary/aromatic N) is 1. The Morgan fingerprint density at radius 3 is 2.30 bits per heavy atom. The highest BCUT2D eigenvalue weighted by molar-refractivity contribution is 6.11. The van der Waals surface area contributed by atoms with Crippen molar-refractivity contribution in [1.29, 1.82) is 0 Å². The third kappa shape index (κ3) is 6.36. The highest BCUT2D eigenvalue weighted by Gasteiger charge is 2.18. The molecular weight excluding hydrogens is 460 g/mol. The molecule has 0 aliphatic rings. The van der Waals surface area contributed by atoms with Crippen LogP contribution in [0.2, 0.25) is 0 Å². The molecule has 37 heavy (non-hydrogen) atoms. The minimum absolute atomic E-state index is 0.0847. The Balaban J connectivity index is 1.45. The molecule has 0 aromatic heterocycles. The van der Waals surface area contributed by atoms with Gasteiger partial charge in [-0.1, -0.05) is 74.7 Å². The minimum atomic E-state index is -0.242. The summed E-state index contributed by atoms with van der Waals surface area (Å²) in [6, 6.07) is 28.4. The van der Waals surface area contributed by atoms with E-state index in [1.165, 1.54) is 12.8 Å². The normalized spacial score (nSPS) is 10.8. The van der Waals surface area contributed by atoms with Crippen molar-refractivity contribution < 1.29 is 14.3 Å². The molecule has 0 fully saturated rings. The fourth-order valence-corrected chi connectivity index (χ4v) is 4.41. The van der Waals surface area contributed by atoms with Crippen LogP contribution in [-0.2, 0) is 0 Å². The molecule has 2 amide bonds. The van der Waals surface area contributed by atoms with E-state index in [0.29, 0.717) is 35.7 Å². The van der Waals surface area contributed by atoms with Gasteiger partial charge in [-0.3, -0.25) is 9.59 Å². The van der Waals surface area contributed by atoms with E-state index in [1.54, 1.807) is 35.2 Å². The topological polar surface area (TPSA) is 58.6 Å². The van der Waals surface area contributed by atoms with Gasteiger partial charge in [0, 0.05) is 23.2 Å². The van der Waals surface area contributed by atoms with Gasteiger partial charge in [0.25, 0.3) is 11.8 Å². The van der Waals surface area contributed by atoms with Gasteiger partial charge in [0.2, 0.25) is 0 Å². The van der Waals surface area contributed by atoms with Crippen LogP contribution in [0.1, 0.15) is 60.2 Å². The van der Waals surface area contributed by atoms with Crippen LogP contribution in [-0.4, -0.2) is 25.0 Å². The van der Waals surface area contributed by atoms with Gasteiger partial charge < -0.3 is 15.0 Å². The summed E-state index contributed by atoms with van der Waals surface area (Å²) in [5, 5.41) is 5.06.